The quantitative estimate of drug-likeness (QED) is 0.395. The van der Waals surface area contributed by atoms with Crippen molar-refractivity contribution in [3.8, 4) is 0 Å². The van der Waals surface area contributed by atoms with Crippen LogP contribution in [0.5, 0.6) is 0 Å². The van der Waals surface area contributed by atoms with Gasteiger partial charge in [0.2, 0.25) is 0 Å². The van der Waals surface area contributed by atoms with E-state index in [4.69, 9.17) is 11.5 Å². The Kier molecular flexibility index (Phi) is 3.03. The van der Waals surface area contributed by atoms with E-state index in [9.17, 15) is 4.79 Å². The zero-order chi connectivity index (χ0) is 9.68. The summed E-state index contributed by atoms with van der Waals surface area (Å²) in [5.41, 5.74) is 11.8. The molecule has 13 heavy (non-hydrogen) atoms. The van der Waals surface area contributed by atoms with Crippen LogP contribution in [0.1, 0.15) is 15.9 Å². The Bertz CT molecular complexity index is 329. The van der Waals surface area contributed by atoms with Crippen LogP contribution in [0.4, 0.5) is 0 Å². The number of rotatable bonds is 3. The Morgan fingerprint density at radius 2 is 2.08 bits per heavy atom. The van der Waals surface area contributed by atoms with Crippen molar-refractivity contribution in [2.24, 2.45) is 16.5 Å². The summed E-state index contributed by atoms with van der Waals surface area (Å²) in [7, 11) is 0. The molecule has 0 saturated heterocycles. The maximum absolute atomic E-state index is 10.6. The molecule has 1 aromatic carbocycles. The highest BCUT2D eigenvalue weighted by Crippen LogP contribution is 2.06. The monoisotopic (exact) mass is 177 g/mol. The molecule has 4 nitrogen and oxygen atoms in total. The highest BCUT2D eigenvalue weighted by molar-refractivity contribution is 5.78. The van der Waals surface area contributed by atoms with Crippen LogP contribution >= 0.6 is 0 Å². The summed E-state index contributed by atoms with van der Waals surface area (Å²) in [6, 6.07) is 7.17. The molecule has 0 aliphatic heterocycles. The van der Waals surface area contributed by atoms with Crippen molar-refractivity contribution in [2.45, 2.75) is 6.54 Å². The number of carbonyl (C=O) groups is 1. The smallest absolute Gasteiger partial charge is 0.186 e. The molecule has 4 heteroatoms. The highest BCUT2D eigenvalue weighted by Gasteiger charge is 1.98. The molecule has 0 aliphatic rings. The van der Waals surface area contributed by atoms with Crippen molar-refractivity contribution in [1.29, 1.82) is 0 Å². The maximum atomic E-state index is 10.6. The normalized spacial score (nSPS) is 9.23. The zero-order valence-corrected chi connectivity index (χ0v) is 7.10. The van der Waals surface area contributed by atoms with E-state index in [1.165, 1.54) is 0 Å². The molecular formula is C9H11N3O. The van der Waals surface area contributed by atoms with Crippen molar-refractivity contribution in [3.05, 3.63) is 35.4 Å². The van der Waals surface area contributed by atoms with Crippen LogP contribution < -0.4 is 11.5 Å². The third kappa shape index (κ3) is 2.59. The lowest BCUT2D eigenvalue weighted by Gasteiger charge is -1.99. The summed E-state index contributed by atoms with van der Waals surface area (Å²) in [6.07, 6.45) is 0.789. The molecule has 68 valence electrons. The van der Waals surface area contributed by atoms with Crippen LogP contribution in [0.2, 0.25) is 0 Å². The SMILES string of the molecule is NC(N)=NCc1ccccc1C=O. The van der Waals surface area contributed by atoms with E-state index in [0.717, 1.165) is 11.8 Å². The first-order valence-corrected chi connectivity index (χ1v) is 3.82. The number of benzene rings is 1. The van der Waals surface area contributed by atoms with Crippen LogP contribution in [0.15, 0.2) is 29.3 Å². The van der Waals surface area contributed by atoms with Crippen LogP contribution in [0.3, 0.4) is 0 Å². The lowest BCUT2D eigenvalue weighted by Crippen LogP contribution is -2.22. The molecule has 1 aromatic rings. The number of nitrogens with zero attached hydrogens (tertiary/aromatic N) is 1. The first-order valence-electron chi connectivity index (χ1n) is 3.82. The summed E-state index contributed by atoms with van der Waals surface area (Å²) in [5, 5.41) is 0. The number of hydrogen-bond acceptors (Lipinski definition) is 2. The predicted octanol–water partition coefficient (Wildman–Crippen LogP) is 0.272. The molecule has 0 spiro atoms. The topological polar surface area (TPSA) is 81.5 Å². The van der Waals surface area contributed by atoms with Gasteiger partial charge in [-0.05, 0) is 5.56 Å². The van der Waals surface area contributed by atoms with Gasteiger partial charge in [0.1, 0.15) is 6.29 Å². The molecular weight excluding hydrogens is 166 g/mol. The summed E-state index contributed by atoms with van der Waals surface area (Å²) in [4.78, 5) is 14.4. The Labute approximate surface area is 76.3 Å². The molecule has 0 amide bonds. The predicted molar refractivity (Wildman–Crippen MR) is 51.3 cm³/mol. The second kappa shape index (κ2) is 4.25. The Morgan fingerprint density at radius 1 is 1.38 bits per heavy atom. The molecule has 0 fully saturated rings. The van der Waals surface area contributed by atoms with Crippen molar-refractivity contribution in [2.75, 3.05) is 0 Å². The largest absolute Gasteiger partial charge is 0.370 e. The summed E-state index contributed by atoms with van der Waals surface area (Å²) in [6.45, 7) is 0.344. The van der Waals surface area contributed by atoms with Crippen LogP contribution in [0.25, 0.3) is 0 Å². The number of hydrogen-bond donors (Lipinski definition) is 2. The van der Waals surface area contributed by atoms with Gasteiger partial charge in [-0.25, -0.2) is 4.99 Å². The minimum atomic E-state index is 0.0284. The second-order valence-corrected chi connectivity index (χ2v) is 2.56. The third-order valence-corrected chi connectivity index (χ3v) is 1.61. The average molecular weight is 177 g/mol. The van der Waals surface area contributed by atoms with Gasteiger partial charge in [-0.1, -0.05) is 24.3 Å². The lowest BCUT2D eigenvalue weighted by molar-refractivity contribution is 0.112. The van der Waals surface area contributed by atoms with Gasteiger partial charge in [-0.2, -0.15) is 0 Å². The van der Waals surface area contributed by atoms with Crippen molar-refractivity contribution < 1.29 is 4.79 Å². The van der Waals surface area contributed by atoms with E-state index >= 15 is 0 Å². The Morgan fingerprint density at radius 3 is 2.69 bits per heavy atom. The van der Waals surface area contributed by atoms with Gasteiger partial charge in [0.05, 0.1) is 6.54 Å². The Balaban J connectivity index is 2.87. The van der Waals surface area contributed by atoms with Gasteiger partial charge >= 0.3 is 0 Å². The van der Waals surface area contributed by atoms with Gasteiger partial charge in [0.15, 0.2) is 5.96 Å². The molecule has 4 N–H and O–H groups in total. The van der Waals surface area contributed by atoms with Crippen LogP contribution in [-0.2, 0) is 6.54 Å². The number of aldehydes is 1. The fraction of sp³-hybridized carbons (Fsp3) is 0.111. The molecule has 0 radical (unpaired) electrons. The maximum Gasteiger partial charge on any atom is 0.186 e. The molecule has 0 unspecified atom stereocenters. The minimum absolute atomic E-state index is 0.0284. The fourth-order valence-corrected chi connectivity index (χ4v) is 0.970. The van der Waals surface area contributed by atoms with E-state index in [0.29, 0.717) is 12.1 Å². The second-order valence-electron chi connectivity index (χ2n) is 2.56. The molecule has 0 aliphatic carbocycles. The van der Waals surface area contributed by atoms with Gasteiger partial charge in [0.25, 0.3) is 0 Å². The summed E-state index contributed by atoms with van der Waals surface area (Å²) >= 11 is 0. The van der Waals surface area contributed by atoms with Crippen molar-refractivity contribution in [3.63, 3.8) is 0 Å². The fourth-order valence-electron chi connectivity index (χ4n) is 0.970. The molecule has 1 rings (SSSR count). The van der Waals surface area contributed by atoms with Crippen LogP contribution in [0, 0.1) is 0 Å². The van der Waals surface area contributed by atoms with E-state index in [1.807, 2.05) is 12.1 Å². The summed E-state index contributed by atoms with van der Waals surface area (Å²) < 4.78 is 0. The van der Waals surface area contributed by atoms with Gasteiger partial charge in [-0.15, -0.1) is 0 Å². The van der Waals surface area contributed by atoms with E-state index in [1.54, 1.807) is 12.1 Å². The molecule has 0 atom stereocenters. The van der Waals surface area contributed by atoms with Gasteiger partial charge in [0, 0.05) is 5.56 Å². The molecule has 0 saturated carbocycles. The van der Waals surface area contributed by atoms with Crippen molar-refractivity contribution in [1.82, 2.24) is 0 Å². The number of guanidine groups is 1. The van der Waals surface area contributed by atoms with E-state index in [-0.39, 0.29) is 5.96 Å². The first-order chi connectivity index (χ1) is 6.24. The van der Waals surface area contributed by atoms with E-state index < -0.39 is 0 Å². The molecule has 0 heterocycles. The van der Waals surface area contributed by atoms with Crippen LogP contribution in [-0.4, -0.2) is 12.2 Å². The standard InChI is InChI=1S/C9H11N3O/c10-9(11)12-5-7-3-1-2-4-8(7)6-13/h1-4,6H,5H2,(H4,10,11,12). The zero-order valence-electron chi connectivity index (χ0n) is 7.10. The third-order valence-electron chi connectivity index (χ3n) is 1.61. The number of carbonyl (C=O) groups excluding carboxylic acids is 1. The van der Waals surface area contributed by atoms with Gasteiger partial charge < -0.3 is 11.5 Å². The molecule has 0 aromatic heterocycles. The first kappa shape index (κ1) is 9.25. The average Bonchev–Trinajstić information content (AvgIpc) is 2.15. The van der Waals surface area contributed by atoms with Crippen molar-refractivity contribution >= 4 is 12.2 Å². The minimum Gasteiger partial charge on any atom is -0.370 e. The molecule has 0 bridgehead atoms. The highest BCUT2D eigenvalue weighted by atomic mass is 16.1. The number of aliphatic imine (C=N–C) groups is 1. The Hall–Kier alpha value is -1.84. The lowest BCUT2D eigenvalue weighted by atomic mass is 10.1. The van der Waals surface area contributed by atoms with Gasteiger partial charge in [-0.3, -0.25) is 4.79 Å². The van der Waals surface area contributed by atoms with E-state index in [2.05, 4.69) is 4.99 Å². The number of nitrogens with two attached hydrogens (primary N) is 2. The summed E-state index contributed by atoms with van der Waals surface area (Å²) in [5.74, 6) is 0.0284.